The Labute approximate surface area is 166 Å². The molecule has 1 amide bonds. The topological polar surface area (TPSA) is 36.4 Å². The van der Waals surface area contributed by atoms with E-state index in [0.29, 0.717) is 5.41 Å². The third-order valence-corrected chi connectivity index (χ3v) is 7.10. The van der Waals surface area contributed by atoms with Crippen LogP contribution in [0.2, 0.25) is 0 Å². The highest BCUT2D eigenvalue weighted by atomic mass is 32.1. The summed E-state index contributed by atoms with van der Waals surface area (Å²) in [5.41, 5.74) is 4.39. The minimum Gasteiger partial charge on any atom is -0.337 e. The van der Waals surface area contributed by atoms with Gasteiger partial charge in [0, 0.05) is 25.0 Å². The number of piperidine rings is 1. The molecule has 2 fully saturated rings. The molecule has 1 aromatic heterocycles. The second-order valence-electron chi connectivity index (χ2n) is 8.21. The van der Waals surface area contributed by atoms with E-state index >= 15 is 0 Å². The second-order valence-corrected chi connectivity index (χ2v) is 9.07. The maximum atomic E-state index is 12.8. The first kappa shape index (κ1) is 18.6. The van der Waals surface area contributed by atoms with Gasteiger partial charge in [0.25, 0.3) is 5.91 Å². The zero-order valence-electron chi connectivity index (χ0n) is 16.2. The number of benzene rings is 1. The summed E-state index contributed by atoms with van der Waals surface area (Å²) in [6, 6.07) is 10.8. The standard InChI is InChI=1S/C22H29N3OS/c1-18-20(27-17-23-18)21(26)25-14-11-22(16-25)10-6-13-24(15-22)12-5-9-19-7-3-2-4-8-19/h2-4,7-8,17H,5-6,9-16H2,1H3/t22-/m1/s1. The lowest BCUT2D eigenvalue weighted by Crippen LogP contribution is -2.45. The average Bonchev–Trinajstić information content (AvgIpc) is 3.29. The number of aryl methyl sites for hydroxylation is 2. The molecule has 27 heavy (non-hydrogen) atoms. The van der Waals surface area contributed by atoms with E-state index in [4.69, 9.17) is 0 Å². The van der Waals surface area contributed by atoms with Gasteiger partial charge >= 0.3 is 0 Å². The molecule has 0 radical (unpaired) electrons. The van der Waals surface area contributed by atoms with Crippen LogP contribution in [0.15, 0.2) is 35.8 Å². The lowest BCUT2D eigenvalue weighted by atomic mass is 9.79. The minimum absolute atomic E-state index is 0.188. The van der Waals surface area contributed by atoms with Gasteiger partial charge in [0.15, 0.2) is 0 Å². The van der Waals surface area contributed by atoms with Gasteiger partial charge in [0.2, 0.25) is 0 Å². The number of thiazole rings is 1. The van der Waals surface area contributed by atoms with E-state index in [9.17, 15) is 4.79 Å². The van der Waals surface area contributed by atoms with Crippen LogP contribution in [-0.2, 0) is 6.42 Å². The van der Waals surface area contributed by atoms with Crippen molar-refractivity contribution in [2.24, 2.45) is 5.41 Å². The molecular weight excluding hydrogens is 354 g/mol. The highest BCUT2D eigenvalue weighted by Gasteiger charge is 2.43. The van der Waals surface area contributed by atoms with E-state index in [1.54, 1.807) is 5.51 Å². The third-order valence-electron chi connectivity index (χ3n) is 6.19. The number of amides is 1. The number of rotatable bonds is 5. The second kappa shape index (κ2) is 8.11. The number of carbonyl (C=O) groups is 1. The van der Waals surface area contributed by atoms with Gasteiger partial charge in [-0.1, -0.05) is 30.3 Å². The Morgan fingerprint density at radius 1 is 1.19 bits per heavy atom. The summed E-state index contributed by atoms with van der Waals surface area (Å²) in [4.78, 5) is 22.6. The number of hydrogen-bond acceptors (Lipinski definition) is 4. The summed E-state index contributed by atoms with van der Waals surface area (Å²) in [6.07, 6.45) is 6.02. The monoisotopic (exact) mass is 383 g/mol. The van der Waals surface area contributed by atoms with Crippen molar-refractivity contribution in [1.82, 2.24) is 14.8 Å². The van der Waals surface area contributed by atoms with Crippen molar-refractivity contribution in [3.63, 3.8) is 0 Å². The molecule has 5 heteroatoms. The van der Waals surface area contributed by atoms with Crippen LogP contribution in [0.5, 0.6) is 0 Å². The molecule has 2 saturated heterocycles. The molecule has 4 rings (SSSR count). The Morgan fingerprint density at radius 3 is 2.81 bits per heavy atom. The molecule has 144 valence electrons. The maximum absolute atomic E-state index is 12.8. The van der Waals surface area contributed by atoms with Crippen molar-refractivity contribution < 1.29 is 4.79 Å². The SMILES string of the molecule is Cc1ncsc1C(=O)N1CC[C@@]2(CCCN(CCCc3ccccc3)C2)C1. The first-order chi connectivity index (χ1) is 13.2. The van der Waals surface area contributed by atoms with E-state index in [1.165, 1.54) is 49.3 Å². The van der Waals surface area contributed by atoms with E-state index < -0.39 is 0 Å². The Morgan fingerprint density at radius 2 is 2.04 bits per heavy atom. The van der Waals surface area contributed by atoms with Crippen LogP contribution in [0.4, 0.5) is 0 Å². The van der Waals surface area contributed by atoms with Crippen LogP contribution in [0, 0.1) is 12.3 Å². The molecule has 0 saturated carbocycles. The van der Waals surface area contributed by atoms with Gasteiger partial charge in [-0.05, 0) is 57.7 Å². The largest absolute Gasteiger partial charge is 0.337 e. The van der Waals surface area contributed by atoms with Crippen molar-refractivity contribution in [2.75, 3.05) is 32.7 Å². The fraction of sp³-hybridized carbons (Fsp3) is 0.545. The van der Waals surface area contributed by atoms with Crippen molar-refractivity contribution >= 4 is 17.2 Å². The van der Waals surface area contributed by atoms with E-state index in [0.717, 1.165) is 43.0 Å². The zero-order valence-corrected chi connectivity index (χ0v) is 17.0. The van der Waals surface area contributed by atoms with Crippen LogP contribution in [0.3, 0.4) is 0 Å². The summed E-state index contributed by atoms with van der Waals surface area (Å²) in [5.74, 6) is 0.188. The molecule has 1 atom stereocenters. The minimum atomic E-state index is 0.188. The van der Waals surface area contributed by atoms with E-state index in [-0.39, 0.29) is 5.91 Å². The molecule has 1 spiro atoms. The summed E-state index contributed by atoms with van der Waals surface area (Å²) in [6.45, 7) is 7.27. The Balaban J connectivity index is 1.31. The van der Waals surface area contributed by atoms with Crippen LogP contribution in [0.25, 0.3) is 0 Å². The molecule has 0 aliphatic carbocycles. The molecule has 3 heterocycles. The molecule has 0 unspecified atom stereocenters. The number of likely N-dealkylation sites (tertiary alicyclic amines) is 2. The molecule has 0 N–H and O–H groups in total. The normalized spacial score (nSPS) is 23.2. The summed E-state index contributed by atoms with van der Waals surface area (Å²) >= 11 is 1.48. The summed E-state index contributed by atoms with van der Waals surface area (Å²) in [5, 5.41) is 0. The highest BCUT2D eigenvalue weighted by Crippen LogP contribution is 2.39. The molecule has 2 aromatic rings. The van der Waals surface area contributed by atoms with Gasteiger partial charge in [-0.25, -0.2) is 4.98 Å². The first-order valence-electron chi connectivity index (χ1n) is 10.1. The van der Waals surface area contributed by atoms with Crippen molar-refractivity contribution in [2.45, 2.75) is 39.0 Å². The van der Waals surface area contributed by atoms with Gasteiger partial charge in [0.05, 0.1) is 11.2 Å². The number of aromatic nitrogens is 1. The lowest BCUT2D eigenvalue weighted by molar-refractivity contribution is 0.0691. The van der Waals surface area contributed by atoms with Gasteiger partial charge in [0.1, 0.15) is 4.88 Å². The molecule has 0 bridgehead atoms. The Hall–Kier alpha value is -1.72. The van der Waals surface area contributed by atoms with Crippen LogP contribution in [0.1, 0.15) is 46.6 Å². The van der Waals surface area contributed by atoms with Crippen molar-refractivity contribution in [3.05, 3.63) is 52.0 Å². The van der Waals surface area contributed by atoms with Gasteiger partial charge < -0.3 is 9.80 Å². The molecule has 4 nitrogen and oxygen atoms in total. The fourth-order valence-electron chi connectivity index (χ4n) is 4.74. The van der Waals surface area contributed by atoms with E-state index in [1.807, 2.05) is 6.92 Å². The first-order valence-corrected chi connectivity index (χ1v) is 11.0. The van der Waals surface area contributed by atoms with Crippen LogP contribution < -0.4 is 0 Å². The van der Waals surface area contributed by atoms with Gasteiger partial charge in [-0.2, -0.15) is 0 Å². The smallest absolute Gasteiger partial charge is 0.265 e. The van der Waals surface area contributed by atoms with Gasteiger partial charge in [-0.15, -0.1) is 11.3 Å². The molecule has 1 aromatic carbocycles. The molecule has 2 aliphatic heterocycles. The Bertz CT molecular complexity index is 775. The predicted octanol–water partition coefficient (Wildman–Crippen LogP) is 4.01. The number of carbonyl (C=O) groups excluding carboxylic acids is 1. The fourth-order valence-corrected chi connectivity index (χ4v) is 5.51. The van der Waals surface area contributed by atoms with Crippen molar-refractivity contribution in [3.8, 4) is 0 Å². The van der Waals surface area contributed by atoms with Crippen LogP contribution in [-0.4, -0.2) is 53.4 Å². The molecular formula is C22H29N3OS. The lowest BCUT2D eigenvalue weighted by Gasteiger charge is -2.40. The molecule has 2 aliphatic rings. The van der Waals surface area contributed by atoms with Crippen molar-refractivity contribution in [1.29, 1.82) is 0 Å². The average molecular weight is 384 g/mol. The zero-order chi connectivity index (χ0) is 18.7. The quantitative estimate of drug-likeness (QED) is 0.783. The predicted molar refractivity (Wildman–Crippen MR) is 110 cm³/mol. The van der Waals surface area contributed by atoms with E-state index in [2.05, 4.69) is 45.1 Å². The van der Waals surface area contributed by atoms with Gasteiger partial charge in [-0.3, -0.25) is 4.79 Å². The third kappa shape index (κ3) is 4.25. The number of hydrogen-bond donors (Lipinski definition) is 0. The summed E-state index contributed by atoms with van der Waals surface area (Å²) in [7, 11) is 0. The Kier molecular flexibility index (Phi) is 5.60. The maximum Gasteiger partial charge on any atom is 0.265 e. The summed E-state index contributed by atoms with van der Waals surface area (Å²) < 4.78 is 0. The number of nitrogens with zero attached hydrogens (tertiary/aromatic N) is 3. The highest BCUT2D eigenvalue weighted by molar-refractivity contribution is 7.11. The van der Waals surface area contributed by atoms with Crippen LogP contribution >= 0.6 is 11.3 Å².